The van der Waals surface area contributed by atoms with Gasteiger partial charge < -0.3 is 10.0 Å². The van der Waals surface area contributed by atoms with Crippen molar-refractivity contribution < 1.29 is 9.90 Å². The van der Waals surface area contributed by atoms with Gasteiger partial charge in [-0.1, -0.05) is 0 Å². The van der Waals surface area contributed by atoms with Gasteiger partial charge in [0.1, 0.15) is 0 Å². The summed E-state index contributed by atoms with van der Waals surface area (Å²) in [4.78, 5) is 19.8. The Bertz CT molecular complexity index is 1130. The number of nitrogens with zero attached hydrogens (tertiary/aromatic N) is 5. The Morgan fingerprint density at radius 1 is 1.29 bits per heavy atom. The quantitative estimate of drug-likeness (QED) is 0.554. The van der Waals surface area contributed by atoms with Crippen molar-refractivity contribution in [3.05, 3.63) is 47.3 Å². The van der Waals surface area contributed by atoms with Crippen LogP contribution in [0.3, 0.4) is 0 Å². The highest BCUT2D eigenvalue weighted by Gasteiger charge is 2.29. The molecule has 1 atom stereocenters. The first-order chi connectivity index (χ1) is 13.7. The van der Waals surface area contributed by atoms with Crippen LogP contribution in [0, 0.1) is 0 Å². The second-order valence-electron chi connectivity index (χ2n) is 6.83. The highest BCUT2D eigenvalue weighted by Crippen LogP contribution is 2.31. The van der Waals surface area contributed by atoms with Gasteiger partial charge in [-0.05, 0) is 29.9 Å². The Hall–Kier alpha value is -3.04. The zero-order valence-electron chi connectivity index (χ0n) is 14.9. The Morgan fingerprint density at radius 3 is 3.04 bits per heavy atom. The zero-order valence-corrected chi connectivity index (χ0v) is 15.8. The Balaban J connectivity index is 1.45. The maximum atomic E-state index is 12.8. The van der Waals surface area contributed by atoms with E-state index in [2.05, 4.69) is 20.3 Å². The fourth-order valence-electron chi connectivity index (χ4n) is 3.66. The SMILES string of the molecule is O=C(c1cc(-c2cnn3cc(-c4cn[nH]c4)cnc23)cs1)N1CCCC1CO. The number of carbonyl (C=O) groups excluding carboxylic acids is 1. The van der Waals surface area contributed by atoms with Gasteiger partial charge in [0, 0.05) is 41.8 Å². The van der Waals surface area contributed by atoms with Crippen LogP contribution in [-0.2, 0) is 0 Å². The molecular formula is C19H18N6O2S. The Labute approximate surface area is 164 Å². The summed E-state index contributed by atoms with van der Waals surface area (Å²) in [7, 11) is 0. The van der Waals surface area contributed by atoms with Crippen molar-refractivity contribution in [3.63, 3.8) is 0 Å². The molecule has 9 heteroatoms. The standard InChI is InChI=1S/C19H18N6O2S/c26-10-15-2-1-3-24(15)19(27)17-4-12(11-28-17)16-8-23-25-9-14(5-20-18(16)25)13-6-21-22-7-13/h4-9,11,15,26H,1-3,10H2,(H,21,22). The van der Waals surface area contributed by atoms with Crippen LogP contribution in [0.5, 0.6) is 0 Å². The number of aromatic nitrogens is 5. The number of carbonyl (C=O) groups is 1. The molecule has 1 unspecified atom stereocenters. The smallest absolute Gasteiger partial charge is 0.264 e. The third kappa shape index (κ3) is 2.79. The first kappa shape index (κ1) is 17.1. The van der Waals surface area contributed by atoms with Crippen molar-refractivity contribution in [2.24, 2.45) is 0 Å². The molecule has 8 nitrogen and oxygen atoms in total. The molecular weight excluding hydrogens is 376 g/mol. The molecule has 1 aliphatic heterocycles. The molecule has 4 aromatic heterocycles. The third-order valence-electron chi connectivity index (χ3n) is 5.16. The molecule has 5 rings (SSSR count). The molecule has 1 aliphatic rings. The fraction of sp³-hybridized carbons (Fsp3) is 0.263. The number of aromatic amines is 1. The van der Waals surface area contributed by atoms with Gasteiger partial charge >= 0.3 is 0 Å². The average molecular weight is 394 g/mol. The Kier molecular flexibility index (Phi) is 4.18. The monoisotopic (exact) mass is 394 g/mol. The molecule has 1 saturated heterocycles. The predicted molar refractivity (Wildman–Crippen MR) is 105 cm³/mol. The van der Waals surface area contributed by atoms with Crippen molar-refractivity contribution in [1.29, 1.82) is 0 Å². The minimum absolute atomic E-state index is 0.0144. The van der Waals surface area contributed by atoms with Gasteiger partial charge in [-0.15, -0.1) is 11.3 Å². The van der Waals surface area contributed by atoms with Gasteiger partial charge in [-0.25, -0.2) is 9.50 Å². The van der Waals surface area contributed by atoms with Gasteiger partial charge in [0.2, 0.25) is 0 Å². The van der Waals surface area contributed by atoms with Crippen LogP contribution in [0.1, 0.15) is 22.5 Å². The number of amides is 1. The highest BCUT2D eigenvalue weighted by molar-refractivity contribution is 7.12. The number of fused-ring (bicyclic) bond motifs is 1. The van der Waals surface area contributed by atoms with Gasteiger partial charge in [-0.3, -0.25) is 9.89 Å². The van der Waals surface area contributed by atoms with Crippen molar-refractivity contribution in [1.82, 2.24) is 29.7 Å². The second-order valence-corrected chi connectivity index (χ2v) is 7.74. The Morgan fingerprint density at radius 2 is 2.21 bits per heavy atom. The lowest BCUT2D eigenvalue weighted by Crippen LogP contribution is -2.37. The molecule has 0 spiro atoms. The maximum Gasteiger partial charge on any atom is 0.264 e. The lowest BCUT2D eigenvalue weighted by molar-refractivity contribution is 0.0682. The van der Waals surface area contributed by atoms with Crippen LogP contribution in [-0.4, -0.2) is 59.9 Å². The predicted octanol–water partition coefficient (Wildman–Crippen LogP) is 2.44. The van der Waals surface area contributed by atoms with Gasteiger partial charge in [0.15, 0.2) is 5.65 Å². The largest absolute Gasteiger partial charge is 0.394 e. The number of likely N-dealkylation sites (tertiary alicyclic amines) is 1. The average Bonchev–Trinajstić information content (AvgIpc) is 3.52. The molecule has 4 aromatic rings. The van der Waals surface area contributed by atoms with E-state index in [0.717, 1.165) is 40.7 Å². The number of nitrogens with one attached hydrogen (secondary N) is 1. The van der Waals surface area contributed by atoms with Crippen LogP contribution >= 0.6 is 11.3 Å². The first-order valence-electron chi connectivity index (χ1n) is 9.08. The number of rotatable bonds is 4. The minimum atomic E-state index is -0.0713. The lowest BCUT2D eigenvalue weighted by Gasteiger charge is -2.22. The molecule has 0 aromatic carbocycles. The summed E-state index contributed by atoms with van der Waals surface area (Å²) < 4.78 is 1.74. The molecule has 0 saturated carbocycles. The van der Waals surface area contributed by atoms with Gasteiger partial charge in [0.25, 0.3) is 5.91 Å². The molecule has 5 heterocycles. The number of H-pyrrole nitrogens is 1. The van der Waals surface area contributed by atoms with E-state index in [-0.39, 0.29) is 18.6 Å². The van der Waals surface area contributed by atoms with E-state index in [0.29, 0.717) is 11.4 Å². The maximum absolute atomic E-state index is 12.8. The van der Waals surface area contributed by atoms with E-state index in [1.54, 1.807) is 28.0 Å². The summed E-state index contributed by atoms with van der Waals surface area (Å²) in [6, 6.07) is 1.82. The normalized spacial score (nSPS) is 16.9. The number of hydrogen-bond donors (Lipinski definition) is 2. The van der Waals surface area contributed by atoms with Crippen molar-refractivity contribution in [3.8, 4) is 22.3 Å². The number of aliphatic hydroxyl groups is 1. The number of hydrogen-bond acceptors (Lipinski definition) is 6. The molecule has 28 heavy (non-hydrogen) atoms. The molecule has 1 amide bonds. The molecule has 1 fully saturated rings. The lowest BCUT2D eigenvalue weighted by atomic mass is 10.1. The summed E-state index contributed by atoms with van der Waals surface area (Å²) in [5.41, 5.74) is 4.40. The van der Waals surface area contributed by atoms with E-state index >= 15 is 0 Å². The van der Waals surface area contributed by atoms with Crippen molar-refractivity contribution >= 4 is 22.9 Å². The van der Waals surface area contributed by atoms with Crippen LogP contribution in [0.4, 0.5) is 0 Å². The van der Waals surface area contributed by atoms with E-state index in [9.17, 15) is 9.90 Å². The summed E-state index contributed by atoms with van der Waals surface area (Å²) in [6.07, 6.45) is 10.8. The van der Waals surface area contributed by atoms with E-state index in [4.69, 9.17) is 0 Å². The highest BCUT2D eigenvalue weighted by atomic mass is 32.1. The summed E-state index contributed by atoms with van der Waals surface area (Å²) in [6.45, 7) is 0.716. The number of thiophene rings is 1. The molecule has 2 N–H and O–H groups in total. The van der Waals surface area contributed by atoms with Gasteiger partial charge in [0.05, 0.1) is 29.9 Å². The van der Waals surface area contributed by atoms with Crippen LogP contribution in [0.2, 0.25) is 0 Å². The van der Waals surface area contributed by atoms with Crippen molar-refractivity contribution in [2.75, 3.05) is 13.2 Å². The molecule has 0 aliphatic carbocycles. The molecule has 0 radical (unpaired) electrons. The summed E-state index contributed by atoms with van der Waals surface area (Å²) >= 11 is 1.41. The number of aliphatic hydroxyl groups excluding tert-OH is 1. The molecule has 142 valence electrons. The second kappa shape index (κ2) is 6.84. The minimum Gasteiger partial charge on any atom is -0.394 e. The first-order valence-corrected chi connectivity index (χ1v) is 9.96. The fourth-order valence-corrected chi connectivity index (χ4v) is 4.52. The molecule has 0 bridgehead atoms. The van der Waals surface area contributed by atoms with Crippen molar-refractivity contribution in [2.45, 2.75) is 18.9 Å². The van der Waals surface area contributed by atoms with E-state index < -0.39 is 0 Å². The third-order valence-corrected chi connectivity index (χ3v) is 6.08. The van der Waals surface area contributed by atoms with E-state index in [1.165, 1.54) is 11.3 Å². The van der Waals surface area contributed by atoms with Crippen LogP contribution in [0.15, 0.2) is 42.4 Å². The summed E-state index contributed by atoms with van der Waals surface area (Å²) in [5.74, 6) is -0.0144. The van der Waals surface area contributed by atoms with Crippen LogP contribution in [0.25, 0.3) is 27.9 Å². The van der Waals surface area contributed by atoms with Gasteiger partial charge in [-0.2, -0.15) is 10.2 Å². The topological polar surface area (TPSA) is 99.4 Å². The van der Waals surface area contributed by atoms with Crippen LogP contribution < -0.4 is 0 Å². The zero-order chi connectivity index (χ0) is 19.1. The van der Waals surface area contributed by atoms with E-state index in [1.807, 2.05) is 23.8 Å². The summed E-state index contributed by atoms with van der Waals surface area (Å²) in [5, 5.41) is 22.6.